The van der Waals surface area contributed by atoms with E-state index in [1.165, 1.54) is 5.56 Å². The van der Waals surface area contributed by atoms with Crippen LogP contribution in [0.4, 0.5) is 16.3 Å². The maximum absolute atomic E-state index is 12.4. The minimum atomic E-state index is -0.00721. The van der Waals surface area contributed by atoms with Gasteiger partial charge in [0.25, 0.3) is 0 Å². The van der Waals surface area contributed by atoms with Gasteiger partial charge in [-0.05, 0) is 67.6 Å². The zero-order valence-electron chi connectivity index (χ0n) is 16.7. The minimum Gasteiger partial charge on any atom is -0.378 e. The normalized spacial score (nSPS) is 17.1. The van der Waals surface area contributed by atoms with Crippen LogP contribution in [0.3, 0.4) is 0 Å². The number of pyridine rings is 1. The van der Waals surface area contributed by atoms with E-state index < -0.39 is 0 Å². The van der Waals surface area contributed by atoms with Gasteiger partial charge in [0.15, 0.2) is 0 Å². The molecule has 0 atom stereocenters. The number of morpholine rings is 1. The summed E-state index contributed by atoms with van der Waals surface area (Å²) in [5, 5.41) is 3.06. The van der Waals surface area contributed by atoms with Crippen molar-refractivity contribution < 1.29 is 9.53 Å². The summed E-state index contributed by atoms with van der Waals surface area (Å²) in [6.45, 7) is 9.02. The van der Waals surface area contributed by atoms with Crippen molar-refractivity contribution in [3.63, 3.8) is 0 Å². The van der Waals surface area contributed by atoms with Crippen molar-refractivity contribution in [1.82, 2.24) is 9.88 Å². The molecule has 2 fully saturated rings. The number of rotatable bonds is 3. The first kappa shape index (κ1) is 18.7. The lowest BCUT2D eigenvalue weighted by Gasteiger charge is -2.28. The molecule has 1 N–H and O–H groups in total. The number of ether oxygens (including phenoxy) is 1. The second kappa shape index (κ2) is 8.19. The summed E-state index contributed by atoms with van der Waals surface area (Å²) in [5.74, 6) is 0.990. The topological polar surface area (TPSA) is 57.7 Å². The molecule has 2 aromatic rings. The zero-order valence-corrected chi connectivity index (χ0v) is 16.7. The number of nitrogens with one attached hydrogen (secondary N) is 1. The van der Waals surface area contributed by atoms with Gasteiger partial charge in [0.1, 0.15) is 5.82 Å². The number of anilines is 2. The highest BCUT2D eigenvalue weighted by Crippen LogP contribution is 2.30. The summed E-state index contributed by atoms with van der Waals surface area (Å²) in [6.07, 6.45) is 2.18. The number of carbonyl (C=O) groups excluding carboxylic acids is 1. The lowest BCUT2D eigenvalue weighted by atomic mass is 9.99. The van der Waals surface area contributed by atoms with Crippen LogP contribution in [-0.4, -0.2) is 55.3 Å². The van der Waals surface area contributed by atoms with Gasteiger partial charge in [-0.25, -0.2) is 9.78 Å². The van der Waals surface area contributed by atoms with Crippen molar-refractivity contribution in [3.05, 3.63) is 41.6 Å². The van der Waals surface area contributed by atoms with Crippen LogP contribution in [0, 0.1) is 13.8 Å². The summed E-state index contributed by atoms with van der Waals surface area (Å²) in [6, 6.07) is 10.4. The molecule has 2 saturated heterocycles. The lowest BCUT2D eigenvalue weighted by molar-refractivity contribution is 0.122. The van der Waals surface area contributed by atoms with Gasteiger partial charge >= 0.3 is 6.03 Å². The number of nitrogens with zero attached hydrogens (tertiary/aromatic N) is 3. The molecule has 0 saturated carbocycles. The van der Waals surface area contributed by atoms with Crippen molar-refractivity contribution in [2.75, 3.05) is 49.6 Å². The van der Waals surface area contributed by atoms with E-state index >= 15 is 0 Å². The van der Waals surface area contributed by atoms with Crippen LogP contribution in [-0.2, 0) is 4.74 Å². The summed E-state index contributed by atoms with van der Waals surface area (Å²) in [5.41, 5.74) is 5.26. The fraction of sp³-hybridized carbons (Fsp3) is 0.455. The van der Waals surface area contributed by atoms with Crippen LogP contribution >= 0.6 is 0 Å². The van der Waals surface area contributed by atoms with E-state index in [0.29, 0.717) is 0 Å². The van der Waals surface area contributed by atoms with Gasteiger partial charge in [-0.15, -0.1) is 0 Å². The molecule has 1 aromatic heterocycles. The maximum atomic E-state index is 12.4. The molecule has 0 unspecified atom stereocenters. The van der Waals surface area contributed by atoms with E-state index in [4.69, 9.17) is 9.72 Å². The lowest BCUT2D eigenvalue weighted by Crippen LogP contribution is -2.36. The number of urea groups is 1. The minimum absolute atomic E-state index is 0.00721. The molecule has 0 spiro atoms. The Labute approximate surface area is 166 Å². The Kier molecular flexibility index (Phi) is 5.48. The Morgan fingerprint density at radius 2 is 1.79 bits per heavy atom. The van der Waals surface area contributed by atoms with Gasteiger partial charge in [-0.2, -0.15) is 0 Å². The SMILES string of the molecule is Cc1cc(-c2cc(NC(=O)N3CCCC3)ccc2C)cc(N2CCOCC2)n1. The van der Waals surface area contributed by atoms with Gasteiger partial charge < -0.3 is 19.9 Å². The van der Waals surface area contributed by atoms with Gasteiger partial charge in [0, 0.05) is 37.6 Å². The molecule has 4 rings (SSSR count). The molecule has 2 aliphatic rings. The third-order valence-electron chi connectivity index (χ3n) is 5.47. The predicted octanol–water partition coefficient (Wildman–Crippen LogP) is 3.83. The van der Waals surface area contributed by atoms with E-state index in [0.717, 1.165) is 80.6 Å². The summed E-state index contributed by atoms with van der Waals surface area (Å²) >= 11 is 0. The molecule has 2 aliphatic heterocycles. The molecule has 28 heavy (non-hydrogen) atoms. The van der Waals surface area contributed by atoms with Crippen LogP contribution in [0.1, 0.15) is 24.1 Å². The molecule has 0 bridgehead atoms. The van der Waals surface area contributed by atoms with E-state index in [-0.39, 0.29) is 6.03 Å². The fourth-order valence-corrected chi connectivity index (χ4v) is 3.89. The highest BCUT2D eigenvalue weighted by molar-refractivity contribution is 5.90. The second-order valence-corrected chi connectivity index (χ2v) is 7.61. The second-order valence-electron chi connectivity index (χ2n) is 7.61. The number of aromatic nitrogens is 1. The number of hydrogen-bond acceptors (Lipinski definition) is 4. The molecule has 1 aromatic carbocycles. The van der Waals surface area contributed by atoms with Crippen LogP contribution in [0.15, 0.2) is 30.3 Å². The van der Waals surface area contributed by atoms with Gasteiger partial charge in [0.2, 0.25) is 0 Å². The Morgan fingerprint density at radius 3 is 2.54 bits per heavy atom. The third-order valence-corrected chi connectivity index (χ3v) is 5.47. The highest BCUT2D eigenvalue weighted by Gasteiger charge is 2.19. The molecule has 6 heteroatoms. The van der Waals surface area contributed by atoms with Crippen LogP contribution in [0.25, 0.3) is 11.1 Å². The number of benzene rings is 1. The molecule has 3 heterocycles. The molecule has 0 aliphatic carbocycles. The first-order valence-corrected chi connectivity index (χ1v) is 10.1. The highest BCUT2D eigenvalue weighted by atomic mass is 16.5. The average molecular weight is 380 g/mol. The van der Waals surface area contributed by atoms with E-state index in [9.17, 15) is 4.79 Å². The third kappa shape index (κ3) is 4.12. The standard InChI is InChI=1S/C22H28N4O2/c1-16-5-6-19(24-22(27)26-7-3-4-8-26)15-20(16)18-13-17(2)23-21(14-18)25-9-11-28-12-10-25/h5-6,13-15H,3-4,7-12H2,1-2H3,(H,24,27). The number of aryl methyl sites for hydroxylation is 2. The van der Waals surface area contributed by atoms with Crippen molar-refractivity contribution in [2.24, 2.45) is 0 Å². The van der Waals surface area contributed by atoms with Crippen molar-refractivity contribution >= 4 is 17.5 Å². The summed E-state index contributed by atoms with van der Waals surface area (Å²) < 4.78 is 5.47. The first-order valence-electron chi connectivity index (χ1n) is 10.1. The Bertz CT molecular complexity index is 856. The van der Waals surface area contributed by atoms with Crippen LogP contribution < -0.4 is 10.2 Å². The monoisotopic (exact) mass is 380 g/mol. The first-order chi connectivity index (χ1) is 13.6. The molecular weight excluding hydrogens is 352 g/mol. The van der Waals surface area contributed by atoms with E-state index in [1.54, 1.807) is 0 Å². The Morgan fingerprint density at radius 1 is 1.04 bits per heavy atom. The predicted molar refractivity (Wildman–Crippen MR) is 112 cm³/mol. The summed E-state index contributed by atoms with van der Waals surface area (Å²) in [4.78, 5) is 21.3. The molecule has 6 nitrogen and oxygen atoms in total. The van der Waals surface area contributed by atoms with E-state index in [2.05, 4.69) is 41.4 Å². The Hall–Kier alpha value is -2.60. The van der Waals surface area contributed by atoms with Gasteiger partial charge in [-0.3, -0.25) is 0 Å². The van der Waals surface area contributed by atoms with Crippen molar-refractivity contribution in [2.45, 2.75) is 26.7 Å². The van der Waals surface area contributed by atoms with E-state index in [1.807, 2.05) is 17.9 Å². The quantitative estimate of drug-likeness (QED) is 0.879. The molecular formula is C22H28N4O2. The van der Waals surface area contributed by atoms with Crippen LogP contribution in [0.2, 0.25) is 0 Å². The summed E-state index contributed by atoms with van der Waals surface area (Å²) in [7, 11) is 0. The largest absolute Gasteiger partial charge is 0.378 e. The van der Waals surface area contributed by atoms with Gasteiger partial charge in [-0.1, -0.05) is 6.07 Å². The van der Waals surface area contributed by atoms with Crippen molar-refractivity contribution in [3.8, 4) is 11.1 Å². The van der Waals surface area contributed by atoms with Crippen molar-refractivity contribution in [1.29, 1.82) is 0 Å². The zero-order chi connectivity index (χ0) is 19.5. The molecule has 148 valence electrons. The smallest absolute Gasteiger partial charge is 0.321 e. The Balaban J connectivity index is 1.61. The number of likely N-dealkylation sites (tertiary alicyclic amines) is 1. The van der Waals surface area contributed by atoms with Crippen LogP contribution in [0.5, 0.6) is 0 Å². The van der Waals surface area contributed by atoms with Gasteiger partial charge in [0.05, 0.1) is 13.2 Å². The maximum Gasteiger partial charge on any atom is 0.321 e. The number of amides is 2. The average Bonchev–Trinajstić information content (AvgIpc) is 3.25. The number of hydrogen-bond donors (Lipinski definition) is 1. The molecule has 2 amide bonds. The number of carbonyl (C=O) groups is 1. The molecule has 0 radical (unpaired) electrons. The fourth-order valence-electron chi connectivity index (χ4n) is 3.89.